The number of H-pyrrole nitrogens is 1. The summed E-state index contributed by atoms with van der Waals surface area (Å²) in [4.78, 5) is 21.8. The van der Waals surface area contributed by atoms with Gasteiger partial charge < -0.3 is 4.98 Å². The second-order valence-corrected chi connectivity index (χ2v) is 3.43. The van der Waals surface area contributed by atoms with Gasteiger partial charge >= 0.3 is 0 Å². The number of halogens is 1. The minimum atomic E-state index is -0.196. The molecule has 0 amide bonds. The second kappa shape index (κ2) is 3.71. The van der Waals surface area contributed by atoms with Crippen molar-refractivity contribution in [3.8, 4) is 11.3 Å². The fourth-order valence-corrected chi connectivity index (χ4v) is 1.53. The molecular weight excluding hydrogens is 246 g/mol. The highest BCUT2D eigenvalue weighted by Gasteiger charge is 2.06. The Balaban J connectivity index is 2.64. The number of hydrogen-bond acceptors (Lipinski definition) is 3. The molecule has 0 fully saturated rings. The normalized spacial score (nSPS) is 10.1. The molecule has 0 aromatic carbocycles. The maximum absolute atomic E-state index is 11.3. The van der Waals surface area contributed by atoms with Gasteiger partial charge in [-0.3, -0.25) is 9.78 Å². The number of nitrogens with one attached hydrogen (secondary N) is 1. The molecule has 0 aliphatic rings. The third-order valence-corrected chi connectivity index (χ3v) is 2.47. The lowest BCUT2D eigenvalue weighted by Gasteiger charge is -2.00. The van der Waals surface area contributed by atoms with Gasteiger partial charge in [0.2, 0.25) is 0 Å². The van der Waals surface area contributed by atoms with Crippen LogP contribution in [0.4, 0.5) is 0 Å². The Labute approximate surface area is 88.2 Å². The predicted octanol–water partition coefficient (Wildman–Crippen LogP) is 1.59. The summed E-state index contributed by atoms with van der Waals surface area (Å²) in [7, 11) is 0. The van der Waals surface area contributed by atoms with Crippen molar-refractivity contribution < 1.29 is 0 Å². The summed E-state index contributed by atoms with van der Waals surface area (Å²) in [5.74, 6) is 0. The molecule has 0 aliphatic heterocycles. The first-order valence-corrected chi connectivity index (χ1v) is 4.72. The van der Waals surface area contributed by atoms with Crippen molar-refractivity contribution >= 4 is 15.9 Å². The number of nitrogens with zero attached hydrogens (tertiary/aromatic N) is 2. The van der Waals surface area contributed by atoms with Gasteiger partial charge in [0, 0.05) is 18.0 Å². The molecule has 5 heteroatoms. The van der Waals surface area contributed by atoms with Gasteiger partial charge in [-0.05, 0) is 28.1 Å². The lowest BCUT2D eigenvalue weighted by molar-refractivity contribution is 1.10. The average molecular weight is 252 g/mol. The molecule has 2 heterocycles. The highest BCUT2D eigenvalue weighted by atomic mass is 79.9. The van der Waals surface area contributed by atoms with Gasteiger partial charge in [0.05, 0.1) is 12.0 Å². The van der Waals surface area contributed by atoms with Gasteiger partial charge in [0.1, 0.15) is 4.47 Å². The quantitative estimate of drug-likeness (QED) is 0.838. The van der Waals surface area contributed by atoms with E-state index >= 15 is 0 Å². The summed E-state index contributed by atoms with van der Waals surface area (Å²) < 4.78 is 0.424. The highest BCUT2D eigenvalue weighted by Crippen LogP contribution is 2.20. The molecule has 1 N–H and O–H groups in total. The van der Waals surface area contributed by atoms with Gasteiger partial charge in [-0.15, -0.1) is 0 Å². The molecule has 14 heavy (non-hydrogen) atoms. The molecule has 4 nitrogen and oxygen atoms in total. The fourth-order valence-electron chi connectivity index (χ4n) is 1.09. The SMILES string of the molecule is O=c1[nH]cnc(-c2cccnc2)c1Br. The van der Waals surface area contributed by atoms with Gasteiger partial charge in [-0.25, -0.2) is 4.98 Å². The zero-order valence-corrected chi connectivity index (χ0v) is 8.65. The van der Waals surface area contributed by atoms with Crippen molar-refractivity contribution in [2.45, 2.75) is 0 Å². The van der Waals surface area contributed by atoms with Gasteiger partial charge in [0.15, 0.2) is 0 Å². The molecule has 0 saturated heterocycles. The zero-order valence-electron chi connectivity index (χ0n) is 7.07. The van der Waals surface area contributed by atoms with E-state index in [1.54, 1.807) is 18.5 Å². The second-order valence-electron chi connectivity index (χ2n) is 2.64. The number of aromatic nitrogens is 3. The van der Waals surface area contributed by atoms with Crippen LogP contribution in [0.1, 0.15) is 0 Å². The summed E-state index contributed by atoms with van der Waals surface area (Å²) in [6.07, 6.45) is 4.70. The van der Waals surface area contributed by atoms with E-state index < -0.39 is 0 Å². The van der Waals surface area contributed by atoms with Crippen molar-refractivity contribution in [2.24, 2.45) is 0 Å². The molecule has 0 unspecified atom stereocenters. The summed E-state index contributed by atoms with van der Waals surface area (Å²) in [5.41, 5.74) is 1.21. The van der Waals surface area contributed by atoms with Crippen molar-refractivity contribution in [1.82, 2.24) is 15.0 Å². The van der Waals surface area contributed by atoms with E-state index in [0.29, 0.717) is 10.2 Å². The molecule has 0 saturated carbocycles. The molecule has 2 aromatic heterocycles. The van der Waals surface area contributed by atoms with Crippen LogP contribution >= 0.6 is 15.9 Å². The van der Waals surface area contributed by atoms with Crippen LogP contribution in [0.25, 0.3) is 11.3 Å². The van der Waals surface area contributed by atoms with Gasteiger partial charge in [0.25, 0.3) is 5.56 Å². The molecule has 0 bridgehead atoms. The number of rotatable bonds is 1. The fraction of sp³-hybridized carbons (Fsp3) is 0. The predicted molar refractivity (Wildman–Crippen MR) is 55.8 cm³/mol. The first kappa shape index (κ1) is 9.08. The molecule has 2 rings (SSSR count). The van der Waals surface area contributed by atoms with Gasteiger partial charge in [-0.1, -0.05) is 0 Å². The standard InChI is InChI=1S/C9H6BrN3O/c10-7-8(12-5-13-9(7)14)6-2-1-3-11-4-6/h1-5H,(H,12,13,14). The molecule has 0 atom stereocenters. The topological polar surface area (TPSA) is 58.6 Å². The van der Waals surface area contributed by atoms with Crippen LogP contribution in [-0.2, 0) is 0 Å². The summed E-state index contributed by atoms with van der Waals surface area (Å²) >= 11 is 3.18. The summed E-state index contributed by atoms with van der Waals surface area (Å²) in [6.45, 7) is 0. The van der Waals surface area contributed by atoms with E-state index in [9.17, 15) is 4.79 Å². The first-order chi connectivity index (χ1) is 6.79. The Hall–Kier alpha value is -1.49. The third kappa shape index (κ3) is 1.58. The summed E-state index contributed by atoms with van der Waals surface area (Å²) in [6, 6.07) is 3.64. The maximum atomic E-state index is 11.3. The minimum absolute atomic E-state index is 0.196. The van der Waals surface area contributed by atoms with E-state index in [2.05, 4.69) is 30.9 Å². The van der Waals surface area contributed by atoms with Crippen molar-refractivity contribution in [3.05, 3.63) is 45.7 Å². The Morgan fingerprint density at radius 3 is 3.00 bits per heavy atom. The Morgan fingerprint density at radius 1 is 1.43 bits per heavy atom. The van der Waals surface area contributed by atoms with E-state index in [4.69, 9.17) is 0 Å². The third-order valence-electron chi connectivity index (χ3n) is 1.73. The van der Waals surface area contributed by atoms with E-state index in [1.165, 1.54) is 6.33 Å². The van der Waals surface area contributed by atoms with Crippen molar-refractivity contribution in [2.75, 3.05) is 0 Å². The molecule has 0 aliphatic carbocycles. The largest absolute Gasteiger partial charge is 0.312 e. The van der Waals surface area contributed by atoms with Crippen LogP contribution in [0.3, 0.4) is 0 Å². The van der Waals surface area contributed by atoms with Crippen LogP contribution in [0, 0.1) is 0 Å². The molecular formula is C9H6BrN3O. The minimum Gasteiger partial charge on any atom is -0.312 e. The monoisotopic (exact) mass is 251 g/mol. The molecule has 0 radical (unpaired) electrons. The van der Waals surface area contributed by atoms with Crippen LogP contribution < -0.4 is 5.56 Å². The maximum Gasteiger partial charge on any atom is 0.265 e. The highest BCUT2D eigenvalue weighted by molar-refractivity contribution is 9.10. The summed E-state index contributed by atoms with van der Waals surface area (Å²) in [5, 5.41) is 0. The lowest BCUT2D eigenvalue weighted by Crippen LogP contribution is -2.08. The van der Waals surface area contributed by atoms with Crippen LogP contribution in [0.2, 0.25) is 0 Å². The van der Waals surface area contributed by atoms with E-state index in [-0.39, 0.29) is 5.56 Å². The van der Waals surface area contributed by atoms with Gasteiger partial charge in [-0.2, -0.15) is 0 Å². The van der Waals surface area contributed by atoms with E-state index in [0.717, 1.165) is 5.56 Å². The molecule has 0 spiro atoms. The number of hydrogen-bond donors (Lipinski definition) is 1. The zero-order chi connectivity index (χ0) is 9.97. The number of aromatic amines is 1. The molecule has 2 aromatic rings. The lowest BCUT2D eigenvalue weighted by atomic mass is 10.2. The Morgan fingerprint density at radius 2 is 2.29 bits per heavy atom. The average Bonchev–Trinajstić information content (AvgIpc) is 2.23. The Bertz CT molecular complexity index is 495. The van der Waals surface area contributed by atoms with Crippen LogP contribution in [-0.4, -0.2) is 15.0 Å². The van der Waals surface area contributed by atoms with Crippen molar-refractivity contribution in [1.29, 1.82) is 0 Å². The molecule has 70 valence electrons. The van der Waals surface area contributed by atoms with Crippen LogP contribution in [0.5, 0.6) is 0 Å². The smallest absolute Gasteiger partial charge is 0.265 e. The Kier molecular flexibility index (Phi) is 2.41. The van der Waals surface area contributed by atoms with Crippen molar-refractivity contribution in [3.63, 3.8) is 0 Å². The van der Waals surface area contributed by atoms with E-state index in [1.807, 2.05) is 6.07 Å². The first-order valence-electron chi connectivity index (χ1n) is 3.92. The number of pyridine rings is 1. The van der Waals surface area contributed by atoms with Crippen LogP contribution in [0.15, 0.2) is 40.1 Å².